The summed E-state index contributed by atoms with van der Waals surface area (Å²) in [5.41, 5.74) is 0. The second-order valence-electron chi connectivity index (χ2n) is 4.98. The molecule has 0 aromatic carbocycles. The quantitative estimate of drug-likeness (QED) is 0.812. The Morgan fingerprint density at radius 2 is 2.38 bits per heavy atom. The Morgan fingerprint density at radius 3 is 3.12 bits per heavy atom. The van der Waals surface area contributed by atoms with Crippen molar-refractivity contribution in [3.05, 3.63) is 18.4 Å². The highest BCUT2D eigenvalue weighted by Gasteiger charge is 2.33. The lowest BCUT2D eigenvalue weighted by Gasteiger charge is -2.14. The Kier molecular flexibility index (Phi) is 2.93. The summed E-state index contributed by atoms with van der Waals surface area (Å²) in [6.07, 6.45) is 7.47. The molecule has 0 radical (unpaired) electrons. The van der Waals surface area contributed by atoms with Crippen LogP contribution in [0.4, 0.5) is 0 Å². The fourth-order valence-electron chi connectivity index (χ4n) is 2.53. The van der Waals surface area contributed by atoms with Gasteiger partial charge in [0.2, 0.25) is 0 Å². The molecule has 4 nitrogen and oxygen atoms in total. The zero-order valence-corrected chi connectivity index (χ0v) is 9.56. The van der Waals surface area contributed by atoms with E-state index in [9.17, 15) is 0 Å². The molecule has 1 aromatic rings. The molecule has 1 atom stereocenters. The molecule has 0 spiro atoms. The Balaban J connectivity index is 1.36. The average molecular weight is 221 g/mol. The van der Waals surface area contributed by atoms with Crippen molar-refractivity contribution in [3.63, 3.8) is 0 Å². The van der Waals surface area contributed by atoms with Crippen LogP contribution in [0.1, 0.15) is 25.0 Å². The van der Waals surface area contributed by atoms with Crippen molar-refractivity contribution in [1.82, 2.24) is 15.2 Å². The lowest BCUT2D eigenvalue weighted by molar-refractivity contribution is 0.311. The first-order chi connectivity index (χ1) is 7.92. The van der Waals surface area contributed by atoms with E-state index in [0.29, 0.717) is 0 Å². The third-order valence-corrected chi connectivity index (χ3v) is 3.60. The molecule has 1 unspecified atom stereocenters. The predicted molar refractivity (Wildman–Crippen MR) is 60.9 cm³/mol. The second kappa shape index (κ2) is 4.55. The van der Waals surface area contributed by atoms with Crippen LogP contribution in [0.2, 0.25) is 0 Å². The normalized spacial score (nSPS) is 26.4. The van der Waals surface area contributed by atoms with Crippen LogP contribution in [-0.4, -0.2) is 35.6 Å². The maximum absolute atomic E-state index is 5.18. The molecule has 1 saturated carbocycles. The second-order valence-corrected chi connectivity index (χ2v) is 4.98. The van der Waals surface area contributed by atoms with Gasteiger partial charge in [-0.2, -0.15) is 0 Å². The van der Waals surface area contributed by atoms with Crippen molar-refractivity contribution in [1.29, 1.82) is 0 Å². The minimum atomic E-state index is 0.805. The van der Waals surface area contributed by atoms with E-state index >= 15 is 0 Å². The van der Waals surface area contributed by atoms with Gasteiger partial charge in [-0.1, -0.05) is 0 Å². The van der Waals surface area contributed by atoms with Gasteiger partial charge < -0.3 is 14.6 Å². The molecule has 16 heavy (non-hydrogen) atoms. The number of nitrogens with zero attached hydrogens (tertiary/aromatic N) is 2. The highest BCUT2D eigenvalue weighted by atomic mass is 16.3. The first-order valence-electron chi connectivity index (χ1n) is 6.24. The Labute approximate surface area is 96.0 Å². The Morgan fingerprint density at radius 1 is 1.44 bits per heavy atom. The lowest BCUT2D eigenvalue weighted by Crippen LogP contribution is -2.27. The summed E-state index contributed by atoms with van der Waals surface area (Å²) in [5.74, 6) is 1.75. The van der Waals surface area contributed by atoms with Gasteiger partial charge in [-0.05, 0) is 38.3 Å². The van der Waals surface area contributed by atoms with Crippen molar-refractivity contribution >= 4 is 0 Å². The van der Waals surface area contributed by atoms with Gasteiger partial charge in [0.05, 0.1) is 12.7 Å². The van der Waals surface area contributed by atoms with Gasteiger partial charge in [0, 0.05) is 12.6 Å². The van der Waals surface area contributed by atoms with Crippen molar-refractivity contribution in [2.75, 3.05) is 19.6 Å². The zero-order valence-electron chi connectivity index (χ0n) is 9.56. The Bertz CT molecular complexity index is 321. The molecule has 0 bridgehead atoms. The Hall–Kier alpha value is -0.870. The van der Waals surface area contributed by atoms with Gasteiger partial charge >= 0.3 is 0 Å². The van der Waals surface area contributed by atoms with Gasteiger partial charge in [-0.25, -0.2) is 4.98 Å². The molecule has 2 aliphatic rings. The van der Waals surface area contributed by atoms with E-state index in [2.05, 4.69) is 15.2 Å². The summed E-state index contributed by atoms with van der Waals surface area (Å²) in [4.78, 5) is 6.55. The monoisotopic (exact) mass is 221 g/mol. The van der Waals surface area contributed by atoms with Crippen LogP contribution < -0.4 is 5.32 Å². The molecule has 1 saturated heterocycles. The van der Waals surface area contributed by atoms with Crippen LogP contribution >= 0.6 is 0 Å². The smallest absolute Gasteiger partial charge is 0.180 e. The summed E-state index contributed by atoms with van der Waals surface area (Å²) in [6.45, 7) is 4.50. The number of oxazole rings is 1. The molecule has 3 rings (SSSR count). The van der Waals surface area contributed by atoms with Crippen LogP contribution in [0.5, 0.6) is 0 Å². The summed E-state index contributed by atoms with van der Waals surface area (Å²) in [5, 5.41) is 3.45. The molecule has 1 aromatic heterocycles. The van der Waals surface area contributed by atoms with Crippen LogP contribution in [0.15, 0.2) is 17.0 Å². The molecule has 1 aliphatic carbocycles. The zero-order chi connectivity index (χ0) is 10.8. The van der Waals surface area contributed by atoms with Crippen LogP contribution in [0.3, 0.4) is 0 Å². The molecular formula is C12H19N3O. The maximum atomic E-state index is 5.18. The van der Waals surface area contributed by atoms with Crippen LogP contribution in [0, 0.1) is 5.92 Å². The minimum Gasteiger partial charge on any atom is -0.447 e. The predicted octanol–water partition coefficient (Wildman–Crippen LogP) is 1.25. The van der Waals surface area contributed by atoms with Gasteiger partial charge in [0.1, 0.15) is 5.76 Å². The van der Waals surface area contributed by atoms with Gasteiger partial charge in [0.15, 0.2) is 6.39 Å². The molecule has 1 aliphatic heterocycles. The van der Waals surface area contributed by atoms with E-state index in [0.717, 1.165) is 30.8 Å². The third-order valence-electron chi connectivity index (χ3n) is 3.60. The standard InChI is InChI=1S/C12H19N3O/c1-2-11(1)15-4-3-10(8-15)5-13-6-12-7-14-9-16-12/h7,9-11,13H,1-6,8H2. The average Bonchev–Trinajstić information content (AvgIpc) is 2.83. The van der Waals surface area contributed by atoms with Crippen LogP contribution in [-0.2, 0) is 6.54 Å². The SMILES string of the molecule is c1ncc(CNCC2CCN(C3CC3)C2)o1. The van der Waals surface area contributed by atoms with E-state index in [4.69, 9.17) is 4.42 Å². The van der Waals surface area contributed by atoms with Crippen molar-refractivity contribution in [2.45, 2.75) is 31.8 Å². The number of rotatable bonds is 5. The molecule has 2 fully saturated rings. The van der Waals surface area contributed by atoms with E-state index in [1.54, 1.807) is 6.20 Å². The number of nitrogens with one attached hydrogen (secondary N) is 1. The van der Waals surface area contributed by atoms with E-state index < -0.39 is 0 Å². The minimum absolute atomic E-state index is 0.805. The maximum Gasteiger partial charge on any atom is 0.180 e. The summed E-state index contributed by atoms with van der Waals surface area (Å²) in [6, 6.07) is 0.930. The molecule has 88 valence electrons. The molecular weight excluding hydrogens is 202 g/mol. The fraction of sp³-hybridized carbons (Fsp3) is 0.750. The molecule has 1 N–H and O–H groups in total. The number of aromatic nitrogens is 1. The number of hydrogen-bond acceptors (Lipinski definition) is 4. The number of hydrogen-bond donors (Lipinski definition) is 1. The van der Waals surface area contributed by atoms with E-state index in [1.807, 2.05) is 0 Å². The van der Waals surface area contributed by atoms with Crippen molar-refractivity contribution in [3.8, 4) is 0 Å². The highest BCUT2D eigenvalue weighted by molar-refractivity contribution is 4.91. The first kappa shape index (κ1) is 10.3. The third kappa shape index (κ3) is 2.44. The van der Waals surface area contributed by atoms with Gasteiger partial charge in [-0.3, -0.25) is 0 Å². The first-order valence-corrected chi connectivity index (χ1v) is 6.24. The topological polar surface area (TPSA) is 41.3 Å². The lowest BCUT2D eigenvalue weighted by atomic mass is 10.1. The summed E-state index contributed by atoms with van der Waals surface area (Å²) >= 11 is 0. The van der Waals surface area contributed by atoms with Gasteiger partial charge in [0.25, 0.3) is 0 Å². The van der Waals surface area contributed by atoms with Crippen molar-refractivity contribution in [2.24, 2.45) is 5.92 Å². The van der Waals surface area contributed by atoms with Crippen LogP contribution in [0.25, 0.3) is 0 Å². The fourth-order valence-corrected chi connectivity index (χ4v) is 2.53. The molecule has 0 amide bonds. The van der Waals surface area contributed by atoms with Crippen molar-refractivity contribution < 1.29 is 4.42 Å². The largest absolute Gasteiger partial charge is 0.447 e. The summed E-state index contributed by atoms with van der Waals surface area (Å²) < 4.78 is 5.18. The van der Waals surface area contributed by atoms with E-state index in [1.165, 1.54) is 38.7 Å². The highest BCUT2D eigenvalue weighted by Crippen LogP contribution is 2.31. The molecule has 2 heterocycles. The summed E-state index contributed by atoms with van der Waals surface area (Å²) in [7, 11) is 0. The molecule has 4 heteroatoms. The number of likely N-dealkylation sites (tertiary alicyclic amines) is 1. The van der Waals surface area contributed by atoms with E-state index in [-0.39, 0.29) is 0 Å². The van der Waals surface area contributed by atoms with Gasteiger partial charge in [-0.15, -0.1) is 0 Å².